The highest BCUT2D eigenvalue weighted by Gasteiger charge is 2.20. The van der Waals surface area contributed by atoms with Crippen LogP contribution in [0.2, 0.25) is 5.02 Å². The summed E-state index contributed by atoms with van der Waals surface area (Å²) in [6.45, 7) is 0. The lowest BCUT2D eigenvalue weighted by Gasteiger charge is -2.10. The molecule has 0 spiro atoms. The molecule has 0 aliphatic heterocycles. The summed E-state index contributed by atoms with van der Waals surface area (Å²) in [7, 11) is 0. The van der Waals surface area contributed by atoms with Crippen LogP contribution in [-0.2, 0) is 0 Å². The monoisotopic (exact) mass is 394 g/mol. The summed E-state index contributed by atoms with van der Waals surface area (Å²) in [4.78, 5) is 9.74. The van der Waals surface area contributed by atoms with Crippen molar-refractivity contribution in [2.45, 2.75) is 0 Å². The van der Waals surface area contributed by atoms with Crippen molar-refractivity contribution in [2.75, 3.05) is 5.32 Å². The van der Waals surface area contributed by atoms with Crippen LogP contribution >= 0.6 is 22.9 Å². The number of benzene rings is 2. The van der Waals surface area contributed by atoms with Gasteiger partial charge in [-0.25, -0.2) is 9.37 Å². The third-order valence-electron chi connectivity index (χ3n) is 4.29. The Balaban J connectivity index is 1.79. The summed E-state index contributed by atoms with van der Waals surface area (Å²) in [5.41, 5.74) is 3.32. The van der Waals surface area contributed by atoms with Crippen LogP contribution in [0.25, 0.3) is 26.4 Å². The second-order valence-corrected chi connectivity index (χ2v) is 7.40. The van der Waals surface area contributed by atoms with E-state index in [1.54, 1.807) is 35.9 Å². The minimum Gasteiger partial charge on any atom is -0.339 e. The molecule has 2 aromatic carbocycles. The van der Waals surface area contributed by atoms with Gasteiger partial charge in [0, 0.05) is 23.6 Å². The van der Waals surface area contributed by atoms with E-state index in [0.717, 1.165) is 37.9 Å². The first kappa shape index (κ1) is 16.2. The van der Waals surface area contributed by atoms with Crippen LogP contribution in [0.15, 0.2) is 67.0 Å². The highest BCUT2D eigenvalue weighted by atomic mass is 35.5. The number of anilines is 2. The van der Waals surface area contributed by atoms with Crippen molar-refractivity contribution in [3.05, 3.63) is 77.8 Å². The van der Waals surface area contributed by atoms with Crippen molar-refractivity contribution in [2.24, 2.45) is 0 Å². The molecule has 3 heterocycles. The fourth-order valence-corrected chi connectivity index (χ4v) is 4.29. The average Bonchev–Trinajstić information content (AvgIpc) is 3.21. The van der Waals surface area contributed by atoms with Crippen LogP contribution in [0, 0.1) is 5.82 Å². The molecule has 0 aliphatic rings. The van der Waals surface area contributed by atoms with Gasteiger partial charge in [-0.2, -0.15) is 0 Å². The van der Waals surface area contributed by atoms with Gasteiger partial charge < -0.3 is 5.32 Å². The molecule has 3 aromatic heterocycles. The number of nitrogens with zero attached hydrogens (tertiary/aromatic N) is 3. The molecule has 0 bridgehead atoms. The molecular formula is C20H12ClFN4S. The zero-order valence-corrected chi connectivity index (χ0v) is 15.4. The molecule has 0 fully saturated rings. The number of hydrogen-bond donors (Lipinski definition) is 1. The molecule has 7 heteroatoms. The molecule has 0 radical (unpaired) electrons. The van der Waals surface area contributed by atoms with E-state index in [1.807, 2.05) is 24.3 Å². The van der Waals surface area contributed by atoms with Crippen LogP contribution in [0.5, 0.6) is 0 Å². The van der Waals surface area contributed by atoms with Crippen LogP contribution < -0.4 is 5.32 Å². The SMILES string of the molecule is Fc1ccc(Nc2c(-c3ccncc3Cl)nc3sc4ccccc4n23)cc1. The van der Waals surface area contributed by atoms with Gasteiger partial charge in [0.15, 0.2) is 4.96 Å². The van der Waals surface area contributed by atoms with Crippen LogP contribution in [0.3, 0.4) is 0 Å². The number of para-hydroxylation sites is 1. The molecule has 1 N–H and O–H groups in total. The van der Waals surface area contributed by atoms with Gasteiger partial charge in [-0.3, -0.25) is 9.38 Å². The van der Waals surface area contributed by atoms with Gasteiger partial charge >= 0.3 is 0 Å². The molecule has 0 unspecified atom stereocenters. The minimum absolute atomic E-state index is 0.280. The molecule has 0 aliphatic carbocycles. The van der Waals surface area contributed by atoms with Crippen molar-refractivity contribution in [1.82, 2.24) is 14.4 Å². The molecular weight excluding hydrogens is 383 g/mol. The molecule has 4 nitrogen and oxygen atoms in total. The summed E-state index contributed by atoms with van der Waals surface area (Å²) in [5.74, 6) is 0.500. The summed E-state index contributed by atoms with van der Waals surface area (Å²) in [6, 6.07) is 16.2. The largest absolute Gasteiger partial charge is 0.339 e. The van der Waals surface area contributed by atoms with E-state index in [1.165, 1.54) is 12.1 Å². The second-order valence-electron chi connectivity index (χ2n) is 5.98. The van der Waals surface area contributed by atoms with E-state index in [2.05, 4.69) is 20.8 Å². The van der Waals surface area contributed by atoms with Gasteiger partial charge in [0.1, 0.15) is 17.3 Å². The molecule has 132 valence electrons. The number of imidazole rings is 1. The van der Waals surface area contributed by atoms with E-state index in [-0.39, 0.29) is 5.82 Å². The number of halogens is 2. The molecule has 0 saturated heterocycles. The van der Waals surface area contributed by atoms with Crippen molar-refractivity contribution < 1.29 is 4.39 Å². The Hall–Kier alpha value is -2.96. The van der Waals surface area contributed by atoms with E-state index in [9.17, 15) is 4.39 Å². The highest BCUT2D eigenvalue weighted by molar-refractivity contribution is 7.23. The highest BCUT2D eigenvalue weighted by Crippen LogP contribution is 2.39. The van der Waals surface area contributed by atoms with E-state index < -0.39 is 0 Å². The van der Waals surface area contributed by atoms with Gasteiger partial charge in [0.2, 0.25) is 0 Å². The zero-order chi connectivity index (χ0) is 18.4. The third-order valence-corrected chi connectivity index (χ3v) is 5.61. The smallest absolute Gasteiger partial charge is 0.197 e. The molecule has 5 aromatic rings. The quantitative estimate of drug-likeness (QED) is 0.399. The van der Waals surface area contributed by atoms with Crippen molar-refractivity contribution in [3.63, 3.8) is 0 Å². The molecule has 0 saturated carbocycles. The third kappa shape index (κ3) is 2.74. The number of thiazole rings is 1. The number of rotatable bonds is 3. The molecule has 0 amide bonds. The predicted octanol–water partition coefficient (Wildman–Crippen LogP) is 6.15. The topological polar surface area (TPSA) is 42.2 Å². The Kier molecular flexibility index (Phi) is 3.81. The van der Waals surface area contributed by atoms with Gasteiger partial charge in [-0.1, -0.05) is 35.1 Å². The maximum absolute atomic E-state index is 13.3. The zero-order valence-electron chi connectivity index (χ0n) is 13.9. The van der Waals surface area contributed by atoms with E-state index >= 15 is 0 Å². The predicted molar refractivity (Wildman–Crippen MR) is 108 cm³/mol. The first-order chi connectivity index (χ1) is 13.2. The standard InChI is InChI=1S/C20H12ClFN4S/c21-15-11-23-10-9-14(15)18-19(24-13-7-5-12(22)6-8-13)26-16-3-1-2-4-17(16)27-20(26)25-18/h1-11,24H. The summed E-state index contributed by atoms with van der Waals surface area (Å²) >= 11 is 7.98. The lowest BCUT2D eigenvalue weighted by Crippen LogP contribution is -1.97. The Bertz CT molecular complexity index is 1280. The Labute approximate surface area is 162 Å². The van der Waals surface area contributed by atoms with Crippen LogP contribution in [0.4, 0.5) is 15.9 Å². The summed E-state index contributed by atoms with van der Waals surface area (Å²) < 4.78 is 16.5. The van der Waals surface area contributed by atoms with Crippen molar-refractivity contribution in [1.29, 1.82) is 0 Å². The average molecular weight is 395 g/mol. The fourth-order valence-electron chi connectivity index (χ4n) is 3.06. The summed E-state index contributed by atoms with van der Waals surface area (Å²) in [6.07, 6.45) is 3.29. The first-order valence-corrected chi connectivity index (χ1v) is 9.42. The van der Waals surface area contributed by atoms with Crippen molar-refractivity contribution >= 4 is 49.6 Å². The number of nitrogens with one attached hydrogen (secondary N) is 1. The summed E-state index contributed by atoms with van der Waals surface area (Å²) in [5, 5.41) is 3.91. The van der Waals surface area contributed by atoms with E-state index in [4.69, 9.17) is 16.6 Å². The Morgan fingerprint density at radius 2 is 1.85 bits per heavy atom. The lowest BCUT2D eigenvalue weighted by atomic mass is 10.2. The van der Waals surface area contributed by atoms with Gasteiger partial charge in [0.25, 0.3) is 0 Å². The van der Waals surface area contributed by atoms with Crippen molar-refractivity contribution in [3.8, 4) is 11.3 Å². The first-order valence-electron chi connectivity index (χ1n) is 8.23. The number of hydrogen-bond acceptors (Lipinski definition) is 4. The number of pyridine rings is 1. The Morgan fingerprint density at radius 1 is 1.04 bits per heavy atom. The second kappa shape index (κ2) is 6.33. The van der Waals surface area contributed by atoms with Gasteiger partial charge in [-0.15, -0.1) is 0 Å². The molecule has 5 rings (SSSR count). The minimum atomic E-state index is -0.280. The normalized spacial score (nSPS) is 11.3. The Morgan fingerprint density at radius 3 is 2.67 bits per heavy atom. The molecule has 0 atom stereocenters. The van der Waals surface area contributed by atoms with Crippen LogP contribution in [0.1, 0.15) is 0 Å². The van der Waals surface area contributed by atoms with Crippen LogP contribution in [-0.4, -0.2) is 14.4 Å². The molecule has 27 heavy (non-hydrogen) atoms. The van der Waals surface area contributed by atoms with Gasteiger partial charge in [-0.05, 0) is 42.5 Å². The van der Waals surface area contributed by atoms with E-state index in [0.29, 0.717) is 5.02 Å². The lowest BCUT2D eigenvalue weighted by molar-refractivity contribution is 0.628. The maximum atomic E-state index is 13.3. The fraction of sp³-hybridized carbons (Fsp3) is 0. The number of fused-ring (bicyclic) bond motifs is 3. The number of aromatic nitrogens is 3. The van der Waals surface area contributed by atoms with Gasteiger partial charge in [0.05, 0.1) is 15.2 Å². The maximum Gasteiger partial charge on any atom is 0.197 e.